The molecule has 0 bridgehead atoms. The van der Waals surface area contributed by atoms with Crippen molar-refractivity contribution < 1.29 is 9.53 Å². The first-order chi connectivity index (χ1) is 12.0. The molecule has 0 aliphatic carbocycles. The van der Waals surface area contributed by atoms with Gasteiger partial charge in [0.05, 0.1) is 18.3 Å². The van der Waals surface area contributed by atoms with Crippen molar-refractivity contribution in [1.29, 1.82) is 0 Å². The summed E-state index contributed by atoms with van der Waals surface area (Å²) in [6.07, 6.45) is 1.76. The Kier molecular flexibility index (Phi) is 6.95. The van der Waals surface area contributed by atoms with Crippen molar-refractivity contribution >= 4 is 11.7 Å². The fourth-order valence-corrected chi connectivity index (χ4v) is 2.65. The van der Waals surface area contributed by atoms with E-state index in [1.165, 1.54) is 0 Å². The summed E-state index contributed by atoms with van der Waals surface area (Å²) in [6.45, 7) is 9.21. The fraction of sp³-hybridized carbons (Fsp3) is 0.400. The molecule has 1 aromatic carbocycles. The van der Waals surface area contributed by atoms with Gasteiger partial charge in [-0.3, -0.25) is 4.98 Å². The van der Waals surface area contributed by atoms with Crippen LogP contribution in [-0.2, 0) is 11.3 Å². The maximum Gasteiger partial charge on any atom is 0.319 e. The molecule has 0 fully saturated rings. The molecule has 25 heavy (non-hydrogen) atoms. The van der Waals surface area contributed by atoms with E-state index in [1.807, 2.05) is 50.2 Å². The molecule has 0 saturated carbocycles. The normalized spacial score (nSPS) is 12.0. The zero-order valence-electron chi connectivity index (χ0n) is 15.4. The van der Waals surface area contributed by atoms with E-state index in [1.54, 1.807) is 6.20 Å². The SMILES string of the molecule is CCOCc1ccccc1NC(=O)NC(c1ncccc1C)C(C)C. The molecule has 1 heterocycles. The number of hydrogen-bond acceptors (Lipinski definition) is 3. The number of carbonyl (C=O) groups excluding carboxylic acids is 1. The van der Waals surface area contributed by atoms with E-state index in [0.29, 0.717) is 13.2 Å². The minimum absolute atomic E-state index is 0.153. The van der Waals surface area contributed by atoms with Crippen LogP contribution in [0.4, 0.5) is 10.5 Å². The lowest BCUT2D eigenvalue weighted by molar-refractivity contribution is 0.134. The number of amides is 2. The molecule has 0 radical (unpaired) electrons. The van der Waals surface area contributed by atoms with Crippen LogP contribution < -0.4 is 10.6 Å². The van der Waals surface area contributed by atoms with Gasteiger partial charge >= 0.3 is 6.03 Å². The molecule has 0 aliphatic rings. The van der Waals surface area contributed by atoms with Crippen LogP contribution in [0.1, 0.15) is 43.6 Å². The molecular weight excluding hydrogens is 314 g/mol. The highest BCUT2D eigenvalue weighted by Gasteiger charge is 2.21. The van der Waals surface area contributed by atoms with Crippen LogP contribution >= 0.6 is 0 Å². The molecule has 2 aromatic rings. The Morgan fingerprint density at radius 1 is 1.20 bits per heavy atom. The third-order valence-electron chi connectivity index (χ3n) is 4.03. The molecule has 2 N–H and O–H groups in total. The first kappa shape index (κ1) is 18.9. The minimum Gasteiger partial charge on any atom is -0.377 e. The number of benzene rings is 1. The van der Waals surface area contributed by atoms with Gasteiger partial charge in [0.1, 0.15) is 0 Å². The maximum absolute atomic E-state index is 12.5. The summed E-state index contributed by atoms with van der Waals surface area (Å²) >= 11 is 0. The molecule has 0 saturated heterocycles. The predicted molar refractivity (Wildman–Crippen MR) is 100 cm³/mol. The van der Waals surface area contributed by atoms with Gasteiger partial charge in [-0.25, -0.2) is 4.79 Å². The third-order valence-corrected chi connectivity index (χ3v) is 4.03. The quantitative estimate of drug-likeness (QED) is 0.782. The Morgan fingerprint density at radius 2 is 1.96 bits per heavy atom. The van der Waals surface area contributed by atoms with Gasteiger partial charge in [-0.2, -0.15) is 0 Å². The number of anilines is 1. The number of pyridine rings is 1. The second-order valence-electron chi connectivity index (χ2n) is 6.32. The summed E-state index contributed by atoms with van der Waals surface area (Å²) in [5.41, 5.74) is 3.68. The molecule has 1 unspecified atom stereocenters. The molecule has 0 aliphatic heterocycles. The monoisotopic (exact) mass is 341 g/mol. The summed E-state index contributed by atoms with van der Waals surface area (Å²) in [4.78, 5) is 17.0. The van der Waals surface area contributed by atoms with E-state index in [0.717, 1.165) is 22.5 Å². The van der Waals surface area contributed by atoms with Crippen molar-refractivity contribution in [2.24, 2.45) is 5.92 Å². The molecule has 1 atom stereocenters. The van der Waals surface area contributed by atoms with Crippen LogP contribution in [0, 0.1) is 12.8 Å². The summed E-state index contributed by atoms with van der Waals surface area (Å²) in [7, 11) is 0. The first-order valence-corrected chi connectivity index (χ1v) is 8.67. The van der Waals surface area contributed by atoms with Crippen molar-refractivity contribution in [3.8, 4) is 0 Å². The summed E-state index contributed by atoms with van der Waals surface area (Å²) in [5.74, 6) is 0.220. The number of hydrogen-bond donors (Lipinski definition) is 2. The summed E-state index contributed by atoms with van der Waals surface area (Å²) in [6, 6.07) is 11.2. The van der Waals surface area contributed by atoms with Crippen LogP contribution in [0.2, 0.25) is 0 Å². The topological polar surface area (TPSA) is 63.2 Å². The summed E-state index contributed by atoms with van der Waals surface area (Å²) < 4.78 is 5.46. The highest BCUT2D eigenvalue weighted by molar-refractivity contribution is 5.90. The molecule has 5 nitrogen and oxygen atoms in total. The molecule has 0 spiro atoms. The lowest BCUT2D eigenvalue weighted by Crippen LogP contribution is -2.36. The molecule has 134 valence electrons. The van der Waals surface area contributed by atoms with Crippen LogP contribution in [0.15, 0.2) is 42.6 Å². The number of aryl methyl sites for hydroxylation is 1. The second-order valence-corrected chi connectivity index (χ2v) is 6.32. The van der Waals surface area contributed by atoms with Gasteiger partial charge in [0.2, 0.25) is 0 Å². The van der Waals surface area contributed by atoms with Gasteiger partial charge in [0.25, 0.3) is 0 Å². The lowest BCUT2D eigenvalue weighted by atomic mass is 9.97. The molecular formula is C20H27N3O2. The van der Waals surface area contributed by atoms with Crippen LogP contribution in [0.25, 0.3) is 0 Å². The Labute approximate surface area is 149 Å². The number of rotatable bonds is 7. The molecule has 2 amide bonds. The zero-order chi connectivity index (χ0) is 18.2. The van der Waals surface area contributed by atoms with Gasteiger partial charge in [-0.15, -0.1) is 0 Å². The highest BCUT2D eigenvalue weighted by Crippen LogP contribution is 2.23. The van der Waals surface area contributed by atoms with Crippen molar-refractivity contribution in [2.75, 3.05) is 11.9 Å². The number of nitrogens with one attached hydrogen (secondary N) is 2. The van der Waals surface area contributed by atoms with Gasteiger partial charge in [0, 0.05) is 24.1 Å². The van der Waals surface area contributed by atoms with Crippen molar-refractivity contribution in [3.63, 3.8) is 0 Å². The Balaban J connectivity index is 2.11. The third kappa shape index (κ3) is 5.29. The van der Waals surface area contributed by atoms with Crippen molar-refractivity contribution in [3.05, 3.63) is 59.4 Å². The van der Waals surface area contributed by atoms with Crippen LogP contribution in [-0.4, -0.2) is 17.6 Å². The van der Waals surface area contributed by atoms with Crippen LogP contribution in [0.5, 0.6) is 0 Å². The standard InChI is InChI=1S/C20H27N3O2/c1-5-25-13-16-10-6-7-11-17(16)22-20(24)23-18(14(2)3)19-15(4)9-8-12-21-19/h6-12,14,18H,5,13H2,1-4H3,(H2,22,23,24). The van der Waals surface area contributed by atoms with E-state index < -0.39 is 0 Å². The molecule has 2 rings (SSSR count). The highest BCUT2D eigenvalue weighted by atomic mass is 16.5. The largest absolute Gasteiger partial charge is 0.377 e. The van der Waals surface area contributed by atoms with Gasteiger partial charge < -0.3 is 15.4 Å². The number of ether oxygens (including phenoxy) is 1. The Hall–Kier alpha value is -2.40. The van der Waals surface area contributed by atoms with Gasteiger partial charge in [0.15, 0.2) is 0 Å². The number of nitrogens with zero attached hydrogens (tertiary/aromatic N) is 1. The van der Waals surface area contributed by atoms with E-state index in [-0.39, 0.29) is 18.0 Å². The smallest absolute Gasteiger partial charge is 0.319 e. The number of urea groups is 1. The first-order valence-electron chi connectivity index (χ1n) is 8.67. The zero-order valence-corrected chi connectivity index (χ0v) is 15.4. The van der Waals surface area contributed by atoms with E-state index >= 15 is 0 Å². The van der Waals surface area contributed by atoms with Crippen LogP contribution in [0.3, 0.4) is 0 Å². The van der Waals surface area contributed by atoms with Crippen molar-refractivity contribution in [1.82, 2.24) is 10.3 Å². The summed E-state index contributed by atoms with van der Waals surface area (Å²) in [5, 5.41) is 5.99. The predicted octanol–water partition coefficient (Wildman–Crippen LogP) is 4.45. The van der Waals surface area contributed by atoms with Gasteiger partial charge in [-0.05, 0) is 37.5 Å². The minimum atomic E-state index is -0.243. The van der Waals surface area contributed by atoms with Gasteiger partial charge in [-0.1, -0.05) is 38.1 Å². The van der Waals surface area contributed by atoms with E-state index in [4.69, 9.17) is 4.74 Å². The lowest BCUT2D eigenvalue weighted by Gasteiger charge is -2.24. The Bertz CT molecular complexity index is 701. The molecule has 5 heteroatoms. The maximum atomic E-state index is 12.5. The van der Waals surface area contributed by atoms with Crippen molar-refractivity contribution in [2.45, 2.75) is 40.3 Å². The molecule has 1 aromatic heterocycles. The number of carbonyl (C=O) groups is 1. The van der Waals surface area contributed by atoms with E-state index in [9.17, 15) is 4.79 Å². The number of aromatic nitrogens is 1. The number of para-hydroxylation sites is 1. The second kappa shape index (κ2) is 9.18. The average molecular weight is 341 g/mol. The Morgan fingerprint density at radius 3 is 2.64 bits per heavy atom. The fourth-order valence-electron chi connectivity index (χ4n) is 2.65. The van der Waals surface area contributed by atoms with E-state index in [2.05, 4.69) is 29.5 Å². The average Bonchev–Trinajstić information content (AvgIpc) is 2.59.